The van der Waals surface area contributed by atoms with Crippen LogP contribution in [0.25, 0.3) is 0 Å². The lowest BCUT2D eigenvalue weighted by atomic mass is 10.0. The van der Waals surface area contributed by atoms with E-state index in [-0.39, 0.29) is 6.61 Å². The topological polar surface area (TPSA) is 32.7 Å². The van der Waals surface area contributed by atoms with Crippen LogP contribution in [0.2, 0.25) is 0 Å². The average Bonchev–Trinajstić information content (AvgIpc) is 2.67. The molecule has 0 aliphatic carbocycles. The summed E-state index contributed by atoms with van der Waals surface area (Å²) in [4.78, 5) is 1.15. The zero-order valence-electron chi connectivity index (χ0n) is 9.50. The first-order valence-corrected chi connectivity index (χ1v) is 5.39. The lowest BCUT2D eigenvalue weighted by molar-refractivity contribution is -0.212. The minimum Gasteiger partial charge on any atom is -0.395 e. The summed E-state index contributed by atoms with van der Waals surface area (Å²) in [5.41, 5.74) is 0. The van der Waals surface area contributed by atoms with Crippen molar-refractivity contribution in [2.24, 2.45) is 0 Å². The molecule has 0 aromatic heterocycles. The molecule has 3 atom stereocenters. The summed E-state index contributed by atoms with van der Waals surface area (Å²) < 4.78 is 43.9. The summed E-state index contributed by atoms with van der Waals surface area (Å²) in [6.45, 7) is 1.65. The summed E-state index contributed by atoms with van der Waals surface area (Å²) in [7, 11) is 1.38. The van der Waals surface area contributed by atoms with E-state index in [0.717, 1.165) is 4.90 Å². The van der Waals surface area contributed by atoms with Gasteiger partial charge in [-0.2, -0.15) is 13.2 Å². The second-order valence-corrected chi connectivity index (χ2v) is 4.23. The van der Waals surface area contributed by atoms with Gasteiger partial charge < -0.3 is 9.84 Å². The minimum atomic E-state index is -4.33. The second-order valence-electron chi connectivity index (χ2n) is 4.23. The van der Waals surface area contributed by atoms with Crippen LogP contribution in [0.1, 0.15) is 19.8 Å². The molecule has 1 rings (SSSR count). The summed E-state index contributed by atoms with van der Waals surface area (Å²) in [6, 6.07) is -2.16. The van der Waals surface area contributed by atoms with Crippen LogP contribution in [0.3, 0.4) is 0 Å². The van der Waals surface area contributed by atoms with E-state index in [1.807, 2.05) is 0 Å². The fraction of sp³-hybridized carbons (Fsp3) is 1.00. The first-order chi connectivity index (χ1) is 7.38. The van der Waals surface area contributed by atoms with Crippen molar-refractivity contribution < 1.29 is 23.0 Å². The van der Waals surface area contributed by atoms with E-state index in [1.54, 1.807) is 6.92 Å². The number of halogens is 3. The molecular formula is C10H18F3NO2. The molecule has 0 aromatic carbocycles. The SMILES string of the molecule is CC(CO)N(C)C(C1CCCO1)C(F)(F)F. The van der Waals surface area contributed by atoms with E-state index in [9.17, 15) is 13.2 Å². The smallest absolute Gasteiger partial charge is 0.395 e. The molecule has 0 aromatic rings. The maximum atomic E-state index is 12.9. The van der Waals surface area contributed by atoms with Crippen LogP contribution in [0.4, 0.5) is 13.2 Å². The Kier molecular flexibility index (Phi) is 4.58. The maximum absolute atomic E-state index is 12.9. The number of aliphatic hydroxyl groups excluding tert-OH is 1. The number of rotatable bonds is 4. The standard InChI is InChI=1S/C10H18F3NO2/c1-7(6-15)14(2)9(10(11,12)13)8-4-3-5-16-8/h7-9,15H,3-6H2,1-2H3. The Hall–Kier alpha value is -0.330. The molecule has 0 radical (unpaired) electrons. The molecule has 1 fully saturated rings. The van der Waals surface area contributed by atoms with Crippen molar-refractivity contribution in [3.63, 3.8) is 0 Å². The quantitative estimate of drug-likeness (QED) is 0.807. The summed E-state index contributed by atoms with van der Waals surface area (Å²) in [6.07, 6.45) is -4.04. The Bertz CT molecular complexity index is 217. The molecule has 96 valence electrons. The van der Waals surface area contributed by atoms with Gasteiger partial charge in [-0.25, -0.2) is 0 Å². The van der Waals surface area contributed by atoms with Crippen molar-refractivity contribution in [2.45, 2.75) is 44.1 Å². The van der Waals surface area contributed by atoms with Crippen molar-refractivity contribution >= 4 is 0 Å². The highest BCUT2D eigenvalue weighted by atomic mass is 19.4. The van der Waals surface area contributed by atoms with Crippen LogP contribution in [0, 0.1) is 0 Å². The Morgan fingerprint density at radius 3 is 2.50 bits per heavy atom. The highest BCUT2D eigenvalue weighted by Crippen LogP contribution is 2.32. The van der Waals surface area contributed by atoms with Gasteiger partial charge in [-0.3, -0.25) is 4.90 Å². The van der Waals surface area contributed by atoms with Crippen LogP contribution in [-0.4, -0.2) is 54.6 Å². The molecule has 0 amide bonds. The third kappa shape index (κ3) is 3.09. The predicted molar refractivity (Wildman–Crippen MR) is 53.1 cm³/mol. The fourth-order valence-electron chi connectivity index (χ4n) is 1.96. The van der Waals surface area contributed by atoms with Gasteiger partial charge in [0.25, 0.3) is 0 Å². The van der Waals surface area contributed by atoms with Crippen molar-refractivity contribution in [1.29, 1.82) is 0 Å². The first-order valence-electron chi connectivity index (χ1n) is 5.39. The molecule has 1 aliphatic rings. The summed E-state index contributed by atoms with van der Waals surface area (Å²) in [5, 5.41) is 8.91. The molecule has 0 saturated carbocycles. The molecule has 16 heavy (non-hydrogen) atoms. The zero-order valence-corrected chi connectivity index (χ0v) is 9.50. The van der Waals surface area contributed by atoms with E-state index in [1.165, 1.54) is 7.05 Å². The number of hydrogen-bond donors (Lipinski definition) is 1. The maximum Gasteiger partial charge on any atom is 0.406 e. The summed E-state index contributed by atoms with van der Waals surface area (Å²) in [5.74, 6) is 0. The monoisotopic (exact) mass is 241 g/mol. The summed E-state index contributed by atoms with van der Waals surface area (Å²) >= 11 is 0. The van der Waals surface area contributed by atoms with Gasteiger partial charge in [0.05, 0.1) is 12.7 Å². The van der Waals surface area contributed by atoms with Crippen molar-refractivity contribution in [3.05, 3.63) is 0 Å². The molecule has 0 bridgehead atoms. The molecule has 6 heteroatoms. The molecule has 1 N–H and O–H groups in total. The first kappa shape index (κ1) is 13.7. The van der Waals surface area contributed by atoms with Gasteiger partial charge >= 0.3 is 6.18 Å². The number of hydrogen-bond acceptors (Lipinski definition) is 3. The molecule has 1 aliphatic heterocycles. The highest BCUT2D eigenvalue weighted by molar-refractivity contribution is 4.89. The third-order valence-corrected chi connectivity index (χ3v) is 3.05. The predicted octanol–water partition coefficient (Wildman–Crippen LogP) is 1.41. The fourth-order valence-corrected chi connectivity index (χ4v) is 1.96. The number of aliphatic hydroxyl groups is 1. The lowest BCUT2D eigenvalue weighted by Gasteiger charge is -2.36. The Labute approximate surface area is 93.2 Å². The van der Waals surface area contributed by atoms with Crippen LogP contribution in [0.5, 0.6) is 0 Å². The van der Waals surface area contributed by atoms with Crippen LogP contribution in [-0.2, 0) is 4.74 Å². The second kappa shape index (κ2) is 5.33. The molecule has 3 unspecified atom stereocenters. The van der Waals surface area contributed by atoms with E-state index in [0.29, 0.717) is 19.4 Å². The van der Waals surface area contributed by atoms with Gasteiger partial charge in [0.1, 0.15) is 6.04 Å². The molecular weight excluding hydrogens is 223 g/mol. The molecule has 0 spiro atoms. The Morgan fingerprint density at radius 2 is 2.12 bits per heavy atom. The molecule has 3 nitrogen and oxygen atoms in total. The van der Waals surface area contributed by atoms with E-state index >= 15 is 0 Å². The Morgan fingerprint density at radius 1 is 1.50 bits per heavy atom. The number of ether oxygens (including phenoxy) is 1. The number of nitrogens with zero attached hydrogens (tertiary/aromatic N) is 1. The zero-order chi connectivity index (χ0) is 12.3. The van der Waals surface area contributed by atoms with Gasteiger partial charge in [0.15, 0.2) is 0 Å². The van der Waals surface area contributed by atoms with Crippen LogP contribution >= 0.6 is 0 Å². The van der Waals surface area contributed by atoms with Crippen molar-refractivity contribution in [2.75, 3.05) is 20.3 Å². The molecule has 1 saturated heterocycles. The van der Waals surface area contributed by atoms with Crippen LogP contribution < -0.4 is 0 Å². The van der Waals surface area contributed by atoms with Gasteiger partial charge in [-0.15, -0.1) is 0 Å². The minimum absolute atomic E-state index is 0.296. The largest absolute Gasteiger partial charge is 0.406 e. The average molecular weight is 241 g/mol. The van der Waals surface area contributed by atoms with E-state index in [2.05, 4.69) is 0 Å². The van der Waals surface area contributed by atoms with Crippen LogP contribution in [0.15, 0.2) is 0 Å². The van der Waals surface area contributed by atoms with Gasteiger partial charge in [0.2, 0.25) is 0 Å². The van der Waals surface area contributed by atoms with Gasteiger partial charge in [-0.05, 0) is 26.8 Å². The van der Waals surface area contributed by atoms with E-state index < -0.39 is 24.4 Å². The van der Waals surface area contributed by atoms with Gasteiger partial charge in [0, 0.05) is 12.6 Å². The highest BCUT2D eigenvalue weighted by Gasteiger charge is 2.49. The Balaban J connectivity index is 2.78. The van der Waals surface area contributed by atoms with Gasteiger partial charge in [-0.1, -0.05) is 0 Å². The lowest BCUT2D eigenvalue weighted by Crippen LogP contribution is -2.54. The number of likely N-dealkylation sites (N-methyl/N-ethyl adjacent to an activating group) is 1. The van der Waals surface area contributed by atoms with E-state index in [4.69, 9.17) is 9.84 Å². The van der Waals surface area contributed by atoms with Crippen molar-refractivity contribution in [1.82, 2.24) is 4.90 Å². The third-order valence-electron chi connectivity index (χ3n) is 3.05. The van der Waals surface area contributed by atoms with Crippen molar-refractivity contribution in [3.8, 4) is 0 Å². The normalized spacial score (nSPS) is 26.1. The number of alkyl halides is 3. The molecule has 1 heterocycles.